The molecule has 0 bridgehead atoms. The van der Waals surface area contributed by atoms with Crippen molar-refractivity contribution in [3.63, 3.8) is 0 Å². The van der Waals surface area contributed by atoms with Crippen LogP contribution in [0, 0.1) is 0 Å². The molecule has 2 aromatic rings. The van der Waals surface area contributed by atoms with Crippen LogP contribution in [0.15, 0.2) is 30.4 Å². The van der Waals surface area contributed by atoms with Gasteiger partial charge in [-0.3, -0.25) is 14.7 Å². The highest BCUT2D eigenvalue weighted by Crippen LogP contribution is 2.25. The van der Waals surface area contributed by atoms with Gasteiger partial charge in [-0.2, -0.15) is 0 Å². The number of hydrogen-bond acceptors (Lipinski definition) is 4. The molecule has 102 valence electrons. The molecule has 1 saturated heterocycles. The van der Waals surface area contributed by atoms with E-state index in [1.54, 1.807) is 18.5 Å². The molecule has 0 aromatic carbocycles. The van der Waals surface area contributed by atoms with Gasteiger partial charge in [-0.25, -0.2) is 0 Å². The first-order chi connectivity index (χ1) is 9.58. The summed E-state index contributed by atoms with van der Waals surface area (Å²) in [6, 6.07) is 1.85. The first kappa shape index (κ1) is 12.8. The number of H-pyrrole nitrogens is 1. The summed E-state index contributed by atoms with van der Waals surface area (Å²) in [5, 5.41) is 1.14. The first-order valence-electron chi connectivity index (χ1n) is 6.26. The van der Waals surface area contributed by atoms with Gasteiger partial charge in [0.05, 0.1) is 0 Å². The van der Waals surface area contributed by atoms with Crippen molar-refractivity contribution in [1.82, 2.24) is 14.9 Å². The summed E-state index contributed by atoms with van der Waals surface area (Å²) in [5.74, 6) is 0.0386. The van der Waals surface area contributed by atoms with Crippen molar-refractivity contribution in [2.45, 2.75) is 19.9 Å². The zero-order valence-electron chi connectivity index (χ0n) is 11.1. The number of nitrogens with one attached hydrogen (secondary N) is 1. The van der Waals surface area contributed by atoms with E-state index in [1.807, 2.05) is 26.1 Å². The Morgan fingerprint density at radius 2 is 2.30 bits per heavy atom. The maximum Gasteiger partial charge on any atom is 0.297 e. The normalized spacial score (nSPS) is 17.6. The van der Waals surface area contributed by atoms with E-state index in [1.165, 1.54) is 4.90 Å². The van der Waals surface area contributed by atoms with Crippen molar-refractivity contribution < 1.29 is 9.53 Å². The number of fused-ring (bicyclic) bond motifs is 1. The maximum atomic E-state index is 12.2. The molecule has 20 heavy (non-hydrogen) atoms. The fourth-order valence-electron chi connectivity index (χ4n) is 2.17. The van der Waals surface area contributed by atoms with Crippen LogP contribution in [-0.2, 0) is 9.53 Å². The Hall–Kier alpha value is -2.21. The summed E-state index contributed by atoms with van der Waals surface area (Å²) >= 11 is 5.08. The Labute approximate surface area is 121 Å². The Kier molecular flexibility index (Phi) is 3.02. The smallest absolute Gasteiger partial charge is 0.297 e. The summed E-state index contributed by atoms with van der Waals surface area (Å²) < 4.78 is 5.40. The van der Waals surface area contributed by atoms with Gasteiger partial charge in [0.25, 0.3) is 11.1 Å². The third-order valence-corrected chi connectivity index (χ3v) is 3.42. The highest BCUT2D eigenvalue weighted by Gasteiger charge is 2.35. The minimum Gasteiger partial charge on any atom is -0.426 e. The molecule has 2 aromatic heterocycles. The van der Waals surface area contributed by atoms with Crippen molar-refractivity contribution in [2.75, 3.05) is 0 Å². The molecule has 1 N–H and O–H groups in total. The quantitative estimate of drug-likeness (QED) is 0.681. The van der Waals surface area contributed by atoms with Crippen molar-refractivity contribution in [3.8, 4) is 0 Å². The zero-order valence-corrected chi connectivity index (χ0v) is 11.9. The molecule has 0 saturated carbocycles. The number of carbonyl (C=O) groups excluding carboxylic acids is 1. The summed E-state index contributed by atoms with van der Waals surface area (Å²) in [7, 11) is 0. The van der Waals surface area contributed by atoms with Crippen LogP contribution in [0.25, 0.3) is 17.0 Å². The van der Waals surface area contributed by atoms with Gasteiger partial charge in [0.1, 0.15) is 0 Å². The van der Waals surface area contributed by atoms with Crippen molar-refractivity contribution in [1.29, 1.82) is 0 Å². The second-order valence-corrected chi connectivity index (χ2v) is 5.16. The number of amides is 1. The standard InChI is InChI=1S/C14H13N3O2S/c1-8(2)17-13(18)12(19-14(17)20)5-9-6-16-11-3-4-15-7-10(9)11/h3-8,16H,1-2H3/b12-5-. The van der Waals surface area contributed by atoms with Gasteiger partial charge in [-0.1, -0.05) is 0 Å². The minimum atomic E-state index is -0.205. The number of carbonyl (C=O) groups is 1. The monoisotopic (exact) mass is 287 g/mol. The maximum absolute atomic E-state index is 12.2. The van der Waals surface area contributed by atoms with E-state index in [0.29, 0.717) is 0 Å². The molecule has 5 nitrogen and oxygen atoms in total. The lowest BCUT2D eigenvalue weighted by Gasteiger charge is -2.15. The Morgan fingerprint density at radius 3 is 3.00 bits per heavy atom. The van der Waals surface area contributed by atoms with Gasteiger partial charge in [0.15, 0.2) is 5.76 Å². The average Bonchev–Trinajstić information content (AvgIpc) is 2.93. The third-order valence-electron chi connectivity index (χ3n) is 3.14. The molecule has 1 aliphatic rings. The number of nitrogens with zero attached hydrogens (tertiary/aromatic N) is 2. The molecule has 3 heterocycles. The van der Waals surface area contributed by atoms with Gasteiger partial charge in [0.2, 0.25) is 0 Å². The second kappa shape index (κ2) is 4.72. The lowest BCUT2D eigenvalue weighted by atomic mass is 10.2. The fraction of sp³-hybridized carbons (Fsp3) is 0.214. The number of thiocarbonyl (C=S) groups is 1. The van der Waals surface area contributed by atoms with Gasteiger partial charge < -0.3 is 9.72 Å². The number of ether oxygens (including phenoxy) is 1. The highest BCUT2D eigenvalue weighted by molar-refractivity contribution is 7.80. The van der Waals surface area contributed by atoms with Crippen LogP contribution in [0.1, 0.15) is 19.4 Å². The lowest BCUT2D eigenvalue weighted by molar-refractivity contribution is -0.123. The second-order valence-electron chi connectivity index (χ2n) is 4.81. The molecule has 1 aliphatic heterocycles. The van der Waals surface area contributed by atoms with E-state index in [9.17, 15) is 4.79 Å². The topological polar surface area (TPSA) is 58.2 Å². The number of aromatic amines is 1. The predicted molar refractivity (Wildman–Crippen MR) is 79.7 cm³/mol. The van der Waals surface area contributed by atoms with Crippen LogP contribution >= 0.6 is 12.2 Å². The highest BCUT2D eigenvalue weighted by atomic mass is 32.1. The average molecular weight is 287 g/mol. The molecular weight excluding hydrogens is 274 g/mol. The molecule has 3 rings (SSSR count). The summed E-state index contributed by atoms with van der Waals surface area (Å²) in [4.78, 5) is 20.9. The van der Waals surface area contributed by atoms with Gasteiger partial charge in [-0.05, 0) is 38.2 Å². The van der Waals surface area contributed by atoms with E-state index in [2.05, 4.69) is 9.97 Å². The first-order valence-corrected chi connectivity index (χ1v) is 6.67. The van der Waals surface area contributed by atoms with E-state index < -0.39 is 0 Å². The van der Waals surface area contributed by atoms with Crippen LogP contribution in [0.2, 0.25) is 0 Å². The molecule has 0 aliphatic carbocycles. The zero-order chi connectivity index (χ0) is 14.3. The Bertz CT molecular complexity index is 733. The van der Waals surface area contributed by atoms with Crippen molar-refractivity contribution >= 4 is 40.3 Å². The number of hydrogen-bond donors (Lipinski definition) is 1. The van der Waals surface area contributed by atoms with Crippen molar-refractivity contribution in [3.05, 3.63) is 36.0 Å². The number of rotatable bonds is 2. The van der Waals surface area contributed by atoms with Crippen LogP contribution in [-0.4, -0.2) is 32.0 Å². The molecule has 0 unspecified atom stereocenters. The summed E-state index contributed by atoms with van der Waals surface area (Å²) in [6.45, 7) is 3.79. The Balaban J connectivity index is 2.01. The van der Waals surface area contributed by atoms with Crippen LogP contribution in [0.5, 0.6) is 0 Å². The molecule has 1 fully saturated rings. The fourth-order valence-corrected chi connectivity index (χ4v) is 2.55. The molecule has 6 heteroatoms. The van der Waals surface area contributed by atoms with E-state index in [4.69, 9.17) is 17.0 Å². The summed E-state index contributed by atoms with van der Waals surface area (Å²) in [6.07, 6.45) is 6.97. The van der Waals surface area contributed by atoms with E-state index in [0.717, 1.165) is 16.5 Å². The lowest BCUT2D eigenvalue weighted by Crippen LogP contribution is -2.34. The van der Waals surface area contributed by atoms with Crippen molar-refractivity contribution in [2.24, 2.45) is 0 Å². The molecule has 0 atom stereocenters. The largest absolute Gasteiger partial charge is 0.426 e. The van der Waals surface area contributed by atoms with Crippen LogP contribution in [0.4, 0.5) is 0 Å². The van der Waals surface area contributed by atoms with E-state index >= 15 is 0 Å². The number of aromatic nitrogens is 2. The molecular formula is C14H13N3O2S. The third kappa shape index (κ3) is 1.98. The predicted octanol–water partition coefficient (Wildman–Crippen LogP) is 2.46. The Morgan fingerprint density at radius 1 is 1.50 bits per heavy atom. The summed E-state index contributed by atoms with van der Waals surface area (Å²) in [5.41, 5.74) is 1.81. The molecule has 1 amide bonds. The van der Waals surface area contributed by atoms with Crippen LogP contribution in [0.3, 0.4) is 0 Å². The minimum absolute atomic E-state index is 0.0227. The van der Waals surface area contributed by atoms with Gasteiger partial charge >= 0.3 is 0 Å². The SMILES string of the molecule is CC(C)N1C(=O)/C(=C/c2c[nH]c3ccncc23)OC1=S. The van der Waals surface area contributed by atoms with Crippen LogP contribution < -0.4 is 0 Å². The van der Waals surface area contributed by atoms with Gasteiger partial charge in [-0.15, -0.1) is 0 Å². The van der Waals surface area contributed by atoms with E-state index in [-0.39, 0.29) is 22.9 Å². The van der Waals surface area contributed by atoms with Gasteiger partial charge in [0, 0.05) is 41.1 Å². The molecule has 0 spiro atoms. The molecule has 0 radical (unpaired) electrons. The number of pyridine rings is 1.